The predicted molar refractivity (Wildman–Crippen MR) is 76.9 cm³/mol. The molecule has 0 aliphatic rings. The molecule has 0 atom stereocenters. The van der Waals surface area contributed by atoms with Gasteiger partial charge >= 0.3 is 5.97 Å². The molecular formula is C15H14ClNO2. The minimum Gasteiger partial charge on any atom is -0.478 e. The molecule has 0 saturated heterocycles. The molecule has 2 rings (SSSR count). The Bertz CT molecular complexity index is 611. The van der Waals surface area contributed by atoms with E-state index in [0.717, 1.165) is 21.8 Å². The number of carboxylic acids is 1. The lowest BCUT2D eigenvalue weighted by Crippen LogP contribution is -2.02. The maximum absolute atomic E-state index is 10.9. The quantitative estimate of drug-likeness (QED) is 0.888. The van der Waals surface area contributed by atoms with Crippen LogP contribution in [0.25, 0.3) is 0 Å². The maximum Gasteiger partial charge on any atom is 0.335 e. The number of hydrogen-bond acceptors (Lipinski definition) is 2. The Kier molecular flexibility index (Phi) is 4.07. The fourth-order valence-corrected chi connectivity index (χ4v) is 1.92. The van der Waals surface area contributed by atoms with Gasteiger partial charge in [0.05, 0.1) is 5.56 Å². The van der Waals surface area contributed by atoms with Gasteiger partial charge in [0, 0.05) is 17.3 Å². The number of aromatic carboxylic acids is 1. The van der Waals surface area contributed by atoms with E-state index in [2.05, 4.69) is 5.32 Å². The Balaban J connectivity index is 2.07. The summed E-state index contributed by atoms with van der Waals surface area (Å²) < 4.78 is 0. The lowest BCUT2D eigenvalue weighted by Gasteiger charge is -2.08. The molecular weight excluding hydrogens is 262 g/mol. The SMILES string of the molecule is Cc1ccc(CNc2cccc(C(=O)O)c2)cc1Cl. The highest BCUT2D eigenvalue weighted by molar-refractivity contribution is 6.31. The van der Waals surface area contributed by atoms with E-state index in [1.165, 1.54) is 0 Å². The summed E-state index contributed by atoms with van der Waals surface area (Å²) in [6.45, 7) is 2.55. The molecule has 2 aromatic carbocycles. The van der Waals surface area contributed by atoms with Crippen molar-refractivity contribution in [1.29, 1.82) is 0 Å². The van der Waals surface area contributed by atoms with E-state index in [4.69, 9.17) is 16.7 Å². The minimum absolute atomic E-state index is 0.270. The molecule has 0 bridgehead atoms. The highest BCUT2D eigenvalue weighted by Crippen LogP contribution is 2.18. The molecule has 0 aliphatic heterocycles. The molecule has 0 aromatic heterocycles. The Morgan fingerprint density at radius 1 is 1.26 bits per heavy atom. The van der Waals surface area contributed by atoms with E-state index in [1.807, 2.05) is 31.2 Å². The van der Waals surface area contributed by atoms with Gasteiger partial charge in [-0.25, -0.2) is 4.79 Å². The van der Waals surface area contributed by atoms with Crippen molar-refractivity contribution < 1.29 is 9.90 Å². The third kappa shape index (κ3) is 3.48. The van der Waals surface area contributed by atoms with Gasteiger partial charge in [0.2, 0.25) is 0 Å². The first kappa shape index (κ1) is 13.4. The van der Waals surface area contributed by atoms with E-state index >= 15 is 0 Å². The second-order valence-electron chi connectivity index (χ2n) is 4.32. The predicted octanol–water partition coefficient (Wildman–Crippen LogP) is 3.96. The lowest BCUT2D eigenvalue weighted by molar-refractivity contribution is 0.0697. The first-order chi connectivity index (χ1) is 9.06. The summed E-state index contributed by atoms with van der Waals surface area (Å²) in [5, 5.41) is 12.8. The number of anilines is 1. The molecule has 3 nitrogen and oxygen atoms in total. The number of halogens is 1. The second kappa shape index (κ2) is 5.76. The van der Waals surface area contributed by atoms with Gasteiger partial charge in [0.15, 0.2) is 0 Å². The number of benzene rings is 2. The van der Waals surface area contributed by atoms with Gasteiger partial charge in [0.1, 0.15) is 0 Å². The monoisotopic (exact) mass is 275 g/mol. The van der Waals surface area contributed by atoms with Crippen molar-refractivity contribution in [2.24, 2.45) is 0 Å². The number of carboxylic acid groups (broad SMARTS) is 1. The summed E-state index contributed by atoms with van der Waals surface area (Å²) in [7, 11) is 0. The van der Waals surface area contributed by atoms with Crippen molar-refractivity contribution in [3.8, 4) is 0 Å². The Labute approximate surface area is 116 Å². The van der Waals surface area contributed by atoms with Crippen molar-refractivity contribution >= 4 is 23.3 Å². The first-order valence-electron chi connectivity index (χ1n) is 5.88. The second-order valence-corrected chi connectivity index (χ2v) is 4.73. The molecule has 0 radical (unpaired) electrons. The number of nitrogens with one attached hydrogen (secondary N) is 1. The molecule has 2 N–H and O–H groups in total. The first-order valence-corrected chi connectivity index (χ1v) is 6.26. The molecule has 4 heteroatoms. The van der Waals surface area contributed by atoms with Gasteiger partial charge in [0.25, 0.3) is 0 Å². The molecule has 0 fully saturated rings. The zero-order valence-corrected chi connectivity index (χ0v) is 11.2. The summed E-state index contributed by atoms with van der Waals surface area (Å²) in [5.74, 6) is -0.929. The zero-order chi connectivity index (χ0) is 13.8. The smallest absolute Gasteiger partial charge is 0.335 e. The van der Waals surface area contributed by atoms with Crippen LogP contribution in [0, 0.1) is 6.92 Å². The van der Waals surface area contributed by atoms with Crippen LogP contribution in [0.1, 0.15) is 21.5 Å². The van der Waals surface area contributed by atoms with Crippen LogP contribution in [0.2, 0.25) is 5.02 Å². The van der Waals surface area contributed by atoms with E-state index in [0.29, 0.717) is 6.54 Å². The van der Waals surface area contributed by atoms with Gasteiger partial charge in [-0.1, -0.05) is 29.8 Å². The number of hydrogen-bond donors (Lipinski definition) is 2. The van der Waals surface area contributed by atoms with Crippen LogP contribution in [0.5, 0.6) is 0 Å². The topological polar surface area (TPSA) is 49.3 Å². The largest absolute Gasteiger partial charge is 0.478 e. The number of aryl methyl sites for hydroxylation is 1. The molecule has 0 saturated carbocycles. The van der Waals surface area contributed by atoms with E-state index in [9.17, 15) is 4.79 Å². The Morgan fingerprint density at radius 3 is 2.74 bits per heavy atom. The fourth-order valence-electron chi connectivity index (χ4n) is 1.71. The number of carbonyl (C=O) groups is 1. The van der Waals surface area contributed by atoms with E-state index in [-0.39, 0.29) is 5.56 Å². The highest BCUT2D eigenvalue weighted by atomic mass is 35.5. The molecule has 19 heavy (non-hydrogen) atoms. The lowest BCUT2D eigenvalue weighted by atomic mass is 10.1. The van der Waals surface area contributed by atoms with Crippen LogP contribution in [0.3, 0.4) is 0 Å². The van der Waals surface area contributed by atoms with Gasteiger partial charge < -0.3 is 10.4 Å². The maximum atomic E-state index is 10.9. The summed E-state index contributed by atoms with van der Waals surface area (Å²) in [4.78, 5) is 10.9. The fraction of sp³-hybridized carbons (Fsp3) is 0.133. The molecule has 0 spiro atoms. The van der Waals surface area contributed by atoms with Crippen molar-refractivity contribution in [2.45, 2.75) is 13.5 Å². The van der Waals surface area contributed by atoms with Crippen molar-refractivity contribution in [1.82, 2.24) is 0 Å². The van der Waals surface area contributed by atoms with Crippen LogP contribution < -0.4 is 5.32 Å². The summed E-state index contributed by atoms with van der Waals surface area (Å²) in [5.41, 5.74) is 3.14. The molecule has 0 heterocycles. The zero-order valence-electron chi connectivity index (χ0n) is 10.5. The summed E-state index contributed by atoms with van der Waals surface area (Å²) in [6, 6.07) is 12.6. The summed E-state index contributed by atoms with van der Waals surface area (Å²) in [6.07, 6.45) is 0. The molecule has 2 aromatic rings. The van der Waals surface area contributed by atoms with Crippen molar-refractivity contribution in [3.63, 3.8) is 0 Å². The third-order valence-electron chi connectivity index (χ3n) is 2.84. The molecule has 0 aliphatic carbocycles. The van der Waals surface area contributed by atoms with Crippen LogP contribution in [0.15, 0.2) is 42.5 Å². The van der Waals surface area contributed by atoms with Crippen LogP contribution in [-0.4, -0.2) is 11.1 Å². The van der Waals surface area contributed by atoms with Gasteiger partial charge in [-0.3, -0.25) is 0 Å². The molecule has 0 unspecified atom stereocenters. The molecule has 0 amide bonds. The van der Waals surface area contributed by atoms with Crippen molar-refractivity contribution in [3.05, 3.63) is 64.2 Å². The van der Waals surface area contributed by atoms with Crippen LogP contribution >= 0.6 is 11.6 Å². The normalized spacial score (nSPS) is 10.2. The standard InChI is InChI=1S/C15H14ClNO2/c1-10-5-6-11(7-14(10)16)9-17-13-4-2-3-12(8-13)15(18)19/h2-8,17H,9H2,1H3,(H,18,19). The van der Waals surface area contributed by atoms with E-state index in [1.54, 1.807) is 18.2 Å². The number of rotatable bonds is 4. The average molecular weight is 276 g/mol. The Hall–Kier alpha value is -2.00. The van der Waals surface area contributed by atoms with Gasteiger partial charge in [-0.05, 0) is 42.3 Å². The van der Waals surface area contributed by atoms with Crippen LogP contribution in [0.4, 0.5) is 5.69 Å². The minimum atomic E-state index is -0.929. The van der Waals surface area contributed by atoms with Gasteiger partial charge in [-0.2, -0.15) is 0 Å². The summed E-state index contributed by atoms with van der Waals surface area (Å²) >= 11 is 6.06. The Morgan fingerprint density at radius 2 is 2.05 bits per heavy atom. The van der Waals surface area contributed by atoms with Crippen LogP contribution in [-0.2, 0) is 6.54 Å². The van der Waals surface area contributed by atoms with Gasteiger partial charge in [-0.15, -0.1) is 0 Å². The van der Waals surface area contributed by atoms with E-state index < -0.39 is 5.97 Å². The average Bonchev–Trinajstić information content (AvgIpc) is 2.40. The van der Waals surface area contributed by atoms with Crippen molar-refractivity contribution in [2.75, 3.05) is 5.32 Å². The third-order valence-corrected chi connectivity index (χ3v) is 3.25. The molecule has 98 valence electrons. The highest BCUT2D eigenvalue weighted by Gasteiger charge is 2.03.